The summed E-state index contributed by atoms with van der Waals surface area (Å²) in [6, 6.07) is 2.49. The van der Waals surface area contributed by atoms with Gasteiger partial charge in [0.05, 0.1) is 6.61 Å². The molecule has 2 nitrogen and oxygen atoms in total. The number of hydrogen-bond donors (Lipinski definition) is 1. The van der Waals surface area contributed by atoms with E-state index in [1.165, 1.54) is 16.7 Å². The van der Waals surface area contributed by atoms with Crippen molar-refractivity contribution < 1.29 is 4.74 Å². The molecule has 4 heteroatoms. The average molecular weight is 284 g/mol. The number of fused-ring (bicyclic) bond motifs is 3. The molecule has 0 bridgehead atoms. The van der Waals surface area contributed by atoms with Gasteiger partial charge in [-0.2, -0.15) is 11.8 Å². The molecular weight excluding hydrogens is 266 g/mol. The van der Waals surface area contributed by atoms with Crippen LogP contribution < -0.4 is 10.1 Å². The Balaban J connectivity index is 2.01. The molecule has 1 atom stereocenters. The van der Waals surface area contributed by atoms with Crippen LogP contribution in [0.25, 0.3) is 0 Å². The van der Waals surface area contributed by atoms with Gasteiger partial charge in [-0.1, -0.05) is 18.5 Å². The number of nitrogens with one attached hydrogen (secondary N) is 1. The maximum atomic E-state index is 6.49. The zero-order valence-electron chi connectivity index (χ0n) is 10.6. The van der Waals surface area contributed by atoms with Crippen molar-refractivity contribution in [3.8, 4) is 5.75 Å². The quantitative estimate of drug-likeness (QED) is 0.916. The topological polar surface area (TPSA) is 21.3 Å². The second kappa shape index (κ2) is 5.32. The molecule has 1 aromatic rings. The minimum atomic E-state index is 0.376. The highest BCUT2D eigenvalue weighted by Crippen LogP contribution is 2.44. The van der Waals surface area contributed by atoms with Gasteiger partial charge in [0.2, 0.25) is 0 Å². The summed E-state index contributed by atoms with van der Waals surface area (Å²) in [5, 5.41) is 4.52. The molecule has 0 aliphatic carbocycles. The Bertz CT molecular complexity index is 464. The Labute approximate surface area is 117 Å². The Morgan fingerprint density at radius 2 is 2.44 bits per heavy atom. The van der Waals surface area contributed by atoms with Crippen molar-refractivity contribution in [3.63, 3.8) is 0 Å². The van der Waals surface area contributed by atoms with Gasteiger partial charge >= 0.3 is 0 Å². The summed E-state index contributed by atoms with van der Waals surface area (Å²) in [5.74, 6) is 3.25. The summed E-state index contributed by atoms with van der Waals surface area (Å²) < 4.78 is 5.80. The minimum absolute atomic E-state index is 0.376. The SMILES string of the molecule is CCCNC1CSCc2c3c(cc(Cl)c21)CCO3. The first kappa shape index (κ1) is 12.6. The lowest BCUT2D eigenvalue weighted by Crippen LogP contribution is -2.27. The molecule has 0 radical (unpaired) electrons. The van der Waals surface area contributed by atoms with Crippen LogP contribution in [0.1, 0.15) is 36.1 Å². The highest BCUT2D eigenvalue weighted by molar-refractivity contribution is 7.98. The van der Waals surface area contributed by atoms with E-state index in [9.17, 15) is 0 Å². The van der Waals surface area contributed by atoms with Crippen LogP contribution in [-0.4, -0.2) is 18.9 Å². The van der Waals surface area contributed by atoms with E-state index in [0.29, 0.717) is 6.04 Å². The van der Waals surface area contributed by atoms with E-state index >= 15 is 0 Å². The molecule has 0 fully saturated rings. The summed E-state index contributed by atoms with van der Waals surface area (Å²) in [6.45, 7) is 4.04. The van der Waals surface area contributed by atoms with Crippen molar-refractivity contribution in [2.75, 3.05) is 18.9 Å². The molecule has 2 aliphatic rings. The molecular formula is C14H18ClNOS. The summed E-state index contributed by atoms with van der Waals surface area (Å²) in [6.07, 6.45) is 2.15. The molecule has 0 amide bonds. The van der Waals surface area contributed by atoms with Gasteiger partial charge in [0.1, 0.15) is 5.75 Å². The van der Waals surface area contributed by atoms with Crippen LogP contribution >= 0.6 is 23.4 Å². The zero-order valence-corrected chi connectivity index (χ0v) is 12.2. The van der Waals surface area contributed by atoms with Crippen molar-refractivity contribution in [2.45, 2.75) is 31.6 Å². The molecule has 3 rings (SSSR count). The number of halogens is 1. The van der Waals surface area contributed by atoms with Crippen molar-refractivity contribution in [3.05, 3.63) is 27.8 Å². The minimum Gasteiger partial charge on any atom is -0.493 e. The standard InChI is InChI=1S/C14H18ClNOS/c1-2-4-16-12-8-18-7-10-13(12)11(15)6-9-3-5-17-14(9)10/h6,12,16H,2-5,7-8H2,1H3. The van der Waals surface area contributed by atoms with Crippen molar-refractivity contribution in [2.24, 2.45) is 0 Å². The van der Waals surface area contributed by atoms with E-state index in [0.717, 1.165) is 48.3 Å². The molecule has 2 aliphatic heterocycles. The predicted octanol–water partition coefficient (Wildman–Crippen LogP) is 3.56. The largest absolute Gasteiger partial charge is 0.493 e. The second-order valence-corrected chi connectivity index (χ2v) is 6.30. The van der Waals surface area contributed by atoms with E-state index in [2.05, 4.69) is 18.3 Å². The van der Waals surface area contributed by atoms with Crippen molar-refractivity contribution in [1.29, 1.82) is 0 Å². The van der Waals surface area contributed by atoms with Crippen LogP contribution in [-0.2, 0) is 12.2 Å². The van der Waals surface area contributed by atoms with Crippen LogP contribution in [0.4, 0.5) is 0 Å². The lowest BCUT2D eigenvalue weighted by Gasteiger charge is -2.28. The molecule has 0 saturated carbocycles. The van der Waals surface area contributed by atoms with Gasteiger partial charge in [0, 0.05) is 34.6 Å². The van der Waals surface area contributed by atoms with Crippen LogP contribution in [0.3, 0.4) is 0 Å². The van der Waals surface area contributed by atoms with Crippen LogP contribution in [0.15, 0.2) is 6.07 Å². The number of rotatable bonds is 3. The van der Waals surface area contributed by atoms with Gasteiger partial charge in [-0.15, -0.1) is 0 Å². The third-order valence-corrected chi connectivity index (χ3v) is 4.96. The first-order valence-electron chi connectivity index (χ1n) is 6.59. The van der Waals surface area contributed by atoms with E-state index in [4.69, 9.17) is 16.3 Å². The number of thioether (sulfide) groups is 1. The highest BCUT2D eigenvalue weighted by Gasteiger charge is 2.29. The summed E-state index contributed by atoms with van der Waals surface area (Å²) in [5.41, 5.74) is 3.90. The van der Waals surface area contributed by atoms with Crippen LogP contribution in [0, 0.1) is 0 Å². The normalized spacial score (nSPS) is 21.3. The number of ether oxygens (including phenoxy) is 1. The van der Waals surface area contributed by atoms with Gasteiger partial charge in [0.25, 0.3) is 0 Å². The molecule has 0 aromatic heterocycles. The Morgan fingerprint density at radius 1 is 1.56 bits per heavy atom. The molecule has 98 valence electrons. The first-order chi connectivity index (χ1) is 8.81. The zero-order chi connectivity index (χ0) is 12.5. The molecule has 0 spiro atoms. The molecule has 1 N–H and O–H groups in total. The van der Waals surface area contributed by atoms with Crippen molar-refractivity contribution in [1.82, 2.24) is 5.32 Å². The summed E-state index contributed by atoms with van der Waals surface area (Å²) in [4.78, 5) is 0. The Morgan fingerprint density at radius 3 is 3.28 bits per heavy atom. The maximum Gasteiger partial charge on any atom is 0.127 e. The fraction of sp³-hybridized carbons (Fsp3) is 0.571. The number of benzene rings is 1. The second-order valence-electron chi connectivity index (χ2n) is 4.86. The monoisotopic (exact) mass is 283 g/mol. The van der Waals surface area contributed by atoms with Crippen molar-refractivity contribution >= 4 is 23.4 Å². The van der Waals surface area contributed by atoms with E-state index in [-0.39, 0.29) is 0 Å². The van der Waals surface area contributed by atoms with Gasteiger partial charge < -0.3 is 10.1 Å². The number of hydrogen-bond acceptors (Lipinski definition) is 3. The van der Waals surface area contributed by atoms with E-state index in [1.54, 1.807) is 0 Å². The van der Waals surface area contributed by atoms with E-state index in [1.807, 2.05) is 11.8 Å². The van der Waals surface area contributed by atoms with Crippen LogP contribution in [0.2, 0.25) is 5.02 Å². The fourth-order valence-corrected chi connectivity index (χ4v) is 4.25. The fourth-order valence-electron chi connectivity index (χ4n) is 2.75. The third-order valence-electron chi connectivity index (χ3n) is 3.59. The third kappa shape index (κ3) is 2.13. The molecule has 18 heavy (non-hydrogen) atoms. The molecule has 0 saturated heterocycles. The van der Waals surface area contributed by atoms with Gasteiger partial charge in [-0.3, -0.25) is 0 Å². The lowest BCUT2D eigenvalue weighted by molar-refractivity contribution is 0.353. The lowest BCUT2D eigenvalue weighted by atomic mass is 9.97. The summed E-state index contributed by atoms with van der Waals surface area (Å²) >= 11 is 8.46. The van der Waals surface area contributed by atoms with Crippen LogP contribution in [0.5, 0.6) is 5.75 Å². The predicted molar refractivity (Wildman–Crippen MR) is 77.8 cm³/mol. The molecule has 1 unspecified atom stereocenters. The average Bonchev–Trinajstić information content (AvgIpc) is 2.84. The van der Waals surface area contributed by atoms with E-state index < -0.39 is 0 Å². The van der Waals surface area contributed by atoms with Gasteiger partial charge in [-0.05, 0) is 30.2 Å². The van der Waals surface area contributed by atoms with Gasteiger partial charge in [-0.25, -0.2) is 0 Å². The molecule has 1 aromatic carbocycles. The Hall–Kier alpha value is -0.380. The van der Waals surface area contributed by atoms with Gasteiger partial charge in [0.15, 0.2) is 0 Å². The smallest absolute Gasteiger partial charge is 0.127 e. The maximum absolute atomic E-state index is 6.49. The highest BCUT2D eigenvalue weighted by atomic mass is 35.5. The summed E-state index contributed by atoms with van der Waals surface area (Å²) in [7, 11) is 0. The Kier molecular flexibility index (Phi) is 3.73. The molecule has 2 heterocycles. The first-order valence-corrected chi connectivity index (χ1v) is 8.12.